The molecule has 0 saturated carbocycles. The van der Waals surface area contributed by atoms with Gasteiger partial charge < -0.3 is 14.8 Å². The molecular weight excluding hydrogens is 470 g/mol. The molecule has 184 valence electrons. The van der Waals surface area contributed by atoms with Gasteiger partial charge >= 0.3 is 0 Å². The van der Waals surface area contributed by atoms with Crippen LogP contribution < -0.4 is 20.1 Å². The first-order valence-electron chi connectivity index (χ1n) is 11.7. The zero-order chi connectivity index (χ0) is 25.1. The molecule has 35 heavy (non-hydrogen) atoms. The molecule has 4 atom stereocenters. The maximum Gasteiger partial charge on any atom is 0.250 e. The summed E-state index contributed by atoms with van der Waals surface area (Å²) in [4.78, 5) is 42.2. The molecule has 3 amide bonds. The molecule has 2 fully saturated rings. The van der Waals surface area contributed by atoms with E-state index in [1.807, 2.05) is 26.0 Å². The molecule has 0 aliphatic carbocycles. The van der Waals surface area contributed by atoms with Gasteiger partial charge in [0.25, 0.3) is 0 Å². The van der Waals surface area contributed by atoms with E-state index in [-0.39, 0.29) is 36.2 Å². The molecule has 9 heteroatoms. The van der Waals surface area contributed by atoms with Gasteiger partial charge in [0, 0.05) is 28.9 Å². The molecule has 2 aromatic rings. The molecule has 3 heterocycles. The molecule has 1 spiro atoms. The number of carbonyl (C=O) groups is 3. The summed E-state index contributed by atoms with van der Waals surface area (Å²) in [7, 11) is 3.13. The first-order chi connectivity index (χ1) is 16.7. The Bertz CT molecular complexity index is 1230. The summed E-state index contributed by atoms with van der Waals surface area (Å²) in [6.45, 7) is 4.19. The molecule has 8 nitrogen and oxygen atoms in total. The van der Waals surface area contributed by atoms with Crippen molar-refractivity contribution in [2.75, 3.05) is 26.1 Å². The number of benzene rings is 2. The lowest BCUT2D eigenvalue weighted by Crippen LogP contribution is -2.54. The van der Waals surface area contributed by atoms with Crippen LogP contribution in [0.1, 0.15) is 25.0 Å². The molecule has 0 radical (unpaired) electrons. The van der Waals surface area contributed by atoms with Gasteiger partial charge in [0.1, 0.15) is 5.54 Å². The number of rotatable bonds is 6. The average Bonchev–Trinajstić information content (AvgIpc) is 3.43. The highest BCUT2D eigenvalue weighted by Gasteiger charge is 2.70. The summed E-state index contributed by atoms with van der Waals surface area (Å²) in [6, 6.07) is 10.3. The maximum absolute atomic E-state index is 13.8. The smallest absolute Gasteiger partial charge is 0.250 e. The molecule has 5 rings (SSSR count). The largest absolute Gasteiger partial charge is 0.493 e. The first-order valence-corrected chi connectivity index (χ1v) is 12.1. The third-order valence-corrected chi connectivity index (χ3v) is 7.73. The third-order valence-electron chi connectivity index (χ3n) is 7.49. The van der Waals surface area contributed by atoms with Crippen molar-refractivity contribution in [1.29, 1.82) is 0 Å². The lowest BCUT2D eigenvalue weighted by molar-refractivity contribution is -0.142. The van der Waals surface area contributed by atoms with Crippen LogP contribution in [0.2, 0.25) is 5.02 Å². The number of halogens is 1. The fraction of sp³-hybridized carbons (Fsp3) is 0.423. The van der Waals surface area contributed by atoms with E-state index in [4.69, 9.17) is 21.1 Å². The number of nitrogens with one attached hydrogen (secondary N) is 2. The number of ether oxygens (including phenoxy) is 2. The van der Waals surface area contributed by atoms with E-state index in [2.05, 4.69) is 10.6 Å². The van der Waals surface area contributed by atoms with E-state index in [0.29, 0.717) is 34.2 Å². The summed E-state index contributed by atoms with van der Waals surface area (Å²) in [6.07, 6.45) is 0.457. The van der Waals surface area contributed by atoms with Crippen LogP contribution in [0.5, 0.6) is 11.5 Å². The van der Waals surface area contributed by atoms with Crippen molar-refractivity contribution in [2.45, 2.75) is 31.8 Å². The summed E-state index contributed by atoms with van der Waals surface area (Å²) >= 11 is 6.28. The fourth-order valence-electron chi connectivity index (χ4n) is 5.84. The van der Waals surface area contributed by atoms with E-state index < -0.39 is 17.4 Å². The molecule has 2 saturated heterocycles. The molecule has 3 aliphatic heterocycles. The van der Waals surface area contributed by atoms with Crippen LogP contribution in [-0.2, 0) is 26.3 Å². The average molecular weight is 498 g/mol. The standard InChI is InChI=1S/C26H28ClN3O5/c1-13(2)22-20-21(26(29-22)16-12-15(27)6-7-17(16)28-25(26)33)24(32)30(23(20)31)10-9-14-5-8-18(34-3)19(11-14)35-4/h5-8,11-13,20-22,29H,9-10H2,1-4H3,(H,28,33)/t20-,21-,22+,26+/m0/s1. The van der Waals surface area contributed by atoms with Gasteiger partial charge in [-0.25, -0.2) is 0 Å². The first kappa shape index (κ1) is 23.6. The summed E-state index contributed by atoms with van der Waals surface area (Å²) in [5.74, 6) is -1.16. The number of amides is 3. The monoisotopic (exact) mass is 497 g/mol. The Balaban J connectivity index is 1.49. The van der Waals surface area contributed by atoms with E-state index in [0.717, 1.165) is 5.56 Å². The number of nitrogens with zero attached hydrogens (tertiary/aromatic N) is 1. The number of hydrogen-bond donors (Lipinski definition) is 2. The van der Waals surface area contributed by atoms with Crippen LogP contribution in [0.3, 0.4) is 0 Å². The highest BCUT2D eigenvalue weighted by molar-refractivity contribution is 6.31. The minimum absolute atomic E-state index is 0.0282. The number of hydrogen-bond acceptors (Lipinski definition) is 6. The van der Waals surface area contributed by atoms with Crippen LogP contribution in [-0.4, -0.2) is 49.4 Å². The molecule has 3 aliphatic rings. The molecule has 2 aromatic carbocycles. The van der Waals surface area contributed by atoms with Crippen molar-refractivity contribution in [1.82, 2.24) is 10.2 Å². The lowest BCUT2D eigenvalue weighted by atomic mass is 9.76. The normalized spacial score (nSPS) is 27.0. The van der Waals surface area contributed by atoms with E-state index in [1.165, 1.54) is 4.90 Å². The lowest BCUT2D eigenvalue weighted by Gasteiger charge is -2.30. The van der Waals surface area contributed by atoms with Gasteiger partial charge in [-0.2, -0.15) is 0 Å². The van der Waals surface area contributed by atoms with Gasteiger partial charge in [-0.1, -0.05) is 31.5 Å². The van der Waals surface area contributed by atoms with Gasteiger partial charge in [-0.15, -0.1) is 0 Å². The van der Waals surface area contributed by atoms with Crippen molar-refractivity contribution in [3.63, 3.8) is 0 Å². The predicted molar refractivity (Wildman–Crippen MR) is 130 cm³/mol. The molecule has 2 N–H and O–H groups in total. The van der Waals surface area contributed by atoms with Crippen LogP contribution in [0, 0.1) is 17.8 Å². The number of anilines is 1. The number of likely N-dealkylation sites (tertiary alicyclic amines) is 1. The van der Waals surface area contributed by atoms with Crippen molar-refractivity contribution < 1.29 is 23.9 Å². The zero-order valence-corrected chi connectivity index (χ0v) is 20.8. The summed E-state index contributed by atoms with van der Waals surface area (Å²) in [5.41, 5.74) is 0.810. The predicted octanol–water partition coefficient (Wildman–Crippen LogP) is 2.98. The molecule has 0 aromatic heterocycles. The summed E-state index contributed by atoms with van der Waals surface area (Å²) in [5, 5.41) is 6.77. The van der Waals surface area contributed by atoms with Crippen molar-refractivity contribution in [2.24, 2.45) is 17.8 Å². The van der Waals surface area contributed by atoms with Crippen molar-refractivity contribution in [3.05, 3.63) is 52.5 Å². The second-order valence-corrected chi connectivity index (χ2v) is 10.1. The topological polar surface area (TPSA) is 97.0 Å². The highest BCUT2D eigenvalue weighted by atomic mass is 35.5. The summed E-state index contributed by atoms with van der Waals surface area (Å²) < 4.78 is 10.7. The van der Waals surface area contributed by atoms with Crippen LogP contribution >= 0.6 is 11.6 Å². The molecule has 0 unspecified atom stereocenters. The number of methoxy groups -OCH3 is 2. The Morgan fingerprint density at radius 2 is 1.77 bits per heavy atom. The number of imide groups is 1. The van der Waals surface area contributed by atoms with Crippen molar-refractivity contribution >= 4 is 35.0 Å². The second-order valence-electron chi connectivity index (χ2n) is 9.64. The van der Waals surface area contributed by atoms with Crippen LogP contribution in [0.15, 0.2) is 36.4 Å². The zero-order valence-electron chi connectivity index (χ0n) is 20.1. The Morgan fingerprint density at radius 3 is 2.46 bits per heavy atom. The Kier molecular flexibility index (Phi) is 5.76. The Labute approximate surface area is 208 Å². The SMILES string of the molecule is COc1ccc(CCN2C(=O)[C@@H]3[C@@H](C(C)C)N[C@@]4(C(=O)Nc5ccc(Cl)cc54)[C@@H]3C2=O)cc1OC. The second kappa shape index (κ2) is 8.53. The maximum atomic E-state index is 13.8. The van der Waals surface area contributed by atoms with Gasteiger partial charge in [-0.3, -0.25) is 24.6 Å². The highest BCUT2D eigenvalue weighted by Crippen LogP contribution is 2.54. The minimum atomic E-state index is -1.33. The fourth-order valence-corrected chi connectivity index (χ4v) is 6.01. The number of fused-ring (bicyclic) bond motifs is 4. The van der Waals surface area contributed by atoms with Crippen LogP contribution in [0.25, 0.3) is 0 Å². The van der Waals surface area contributed by atoms with Gasteiger partial charge in [0.05, 0.1) is 26.1 Å². The van der Waals surface area contributed by atoms with E-state index in [1.54, 1.807) is 38.5 Å². The van der Waals surface area contributed by atoms with Gasteiger partial charge in [0.2, 0.25) is 17.7 Å². The van der Waals surface area contributed by atoms with E-state index >= 15 is 0 Å². The third kappa shape index (κ3) is 3.42. The number of carbonyl (C=O) groups excluding carboxylic acids is 3. The quantitative estimate of drug-likeness (QED) is 0.596. The molecule has 0 bridgehead atoms. The Morgan fingerprint density at radius 1 is 1.03 bits per heavy atom. The van der Waals surface area contributed by atoms with E-state index in [9.17, 15) is 14.4 Å². The van der Waals surface area contributed by atoms with Crippen molar-refractivity contribution in [3.8, 4) is 11.5 Å². The van der Waals surface area contributed by atoms with Gasteiger partial charge in [-0.05, 0) is 48.2 Å². The Hall–Kier alpha value is -3.10. The van der Waals surface area contributed by atoms with Gasteiger partial charge in [0.15, 0.2) is 11.5 Å². The molecular formula is C26H28ClN3O5. The minimum Gasteiger partial charge on any atom is -0.493 e. The van der Waals surface area contributed by atoms with Crippen LogP contribution in [0.4, 0.5) is 5.69 Å².